The number of para-hydroxylation sites is 2. The molecule has 0 unspecified atom stereocenters. The summed E-state index contributed by atoms with van der Waals surface area (Å²) in [6.07, 6.45) is 2.54. The van der Waals surface area contributed by atoms with Crippen LogP contribution in [0.2, 0.25) is 0 Å². The minimum atomic E-state index is -4.25. The third kappa shape index (κ3) is 6.66. The van der Waals surface area contributed by atoms with Gasteiger partial charge < -0.3 is 0 Å². The van der Waals surface area contributed by atoms with Gasteiger partial charge in [-0.2, -0.15) is 4.31 Å². The number of hydrogen-bond donors (Lipinski definition) is 1. The van der Waals surface area contributed by atoms with Crippen molar-refractivity contribution < 1.29 is 26.7 Å². The molecule has 2 aromatic rings. The number of nitro benzene ring substituents is 2. The first-order valence-electron chi connectivity index (χ1n) is 10.1. The Bertz CT molecular complexity index is 1260. The number of nitrogens with one attached hydrogen (secondary N) is 1. The summed E-state index contributed by atoms with van der Waals surface area (Å²) in [6, 6.07) is 9.82. The zero-order chi connectivity index (χ0) is 25.4. The van der Waals surface area contributed by atoms with E-state index in [9.17, 15) is 37.1 Å². The van der Waals surface area contributed by atoms with Crippen LogP contribution in [0.4, 0.5) is 11.4 Å². The molecule has 0 aliphatic carbocycles. The molecule has 0 aromatic heterocycles. The molecule has 12 nitrogen and oxygen atoms in total. The van der Waals surface area contributed by atoms with Crippen molar-refractivity contribution >= 4 is 31.4 Å². The Morgan fingerprint density at radius 2 is 1.35 bits per heavy atom. The Kier molecular flexibility index (Phi) is 9.37. The van der Waals surface area contributed by atoms with Crippen molar-refractivity contribution in [3.63, 3.8) is 0 Å². The first-order valence-corrected chi connectivity index (χ1v) is 13.0. The van der Waals surface area contributed by atoms with E-state index in [-0.39, 0.29) is 26.1 Å². The van der Waals surface area contributed by atoms with E-state index in [1.54, 1.807) is 6.08 Å². The minimum Gasteiger partial charge on any atom is -0.258 e. The van der Waals surface area contributed by atoms with Gasteiger partial charge in [-0.05, 0) is 31.4 Å². The maximum absolute atomic E-state index is 13.2. The van der Waals surface area contributed by atoms with Gasteiger partial charge in [0.1, 0.15) is 0 Å². The topological polar surface area (TPSA) is 170 Å². The normalized spacial score (nSPS) is 11.9. The smallest absolute Gasteiger partial charge is 0.258 e. The van der Waals surface area contributed by atoms with Gasteiger partial charge in [0.15, 0.2) is 9.79 Å². The molecule has 0 fully saturated rings. The molecule has 0 bridgehead atoms. The van der Waals surface area contributed by atoms with E-state index in [1.807, 2.05) is 0 Å². The SMILES string of the molecule is C=CCCCN(CCCNS(=O)(=O)c1ccccc1[N+](=O)[O-])S(=O)(=O)c1ccccc1[N+](=O)[O-]. The molecule has 1 N–H and O–H groups in total. The second kappa shape index (κ2) is 11.8. The summed E-state index contributed by atoms with van der Waals surface area (Å²) in [5.41, 5.74) is -1.15. The molecule has 0 saturated carbocycles. The Morgan fingerprint density at radius 3 is 1.91 bits per heavy atom. The molecule has 184 valence electrons. The van der Waals surface area contributed by atoms with Gasteiger partial charge in [0.2, 0.25) is 20.0 Å². The highest BCUT2D eigenvalue weighted by atomic mass is 32.2. The van der Waals surface area contributed by atoms with Crippen molar-refractivity contribution in [2.75, 3.05) is 19.6 Å². The summed E-state index contributed by atoms with van der Waals surface area (Å²) in [5.74, 6) is 0. The van der Waals surface area contributed by atoms with Crippen molar-refractivity contribution in [3.05, 3.63) is 81.4 Å². The maximum Gasteiger partial charge on any atom is 0.289 e. The number of nitrogens with zero attached hydrogens (tertiary/aromatic N) is 3. The lowest BCUT2D eigenvalue weighted by Crippen LogP contribution is -2.35. The van der Waals surface area contributed by atoms with Gasteiger partial charge in [-0.3, -0.25) is 20.2 Å². The van der Waals surface area contributed by atoms with Crippen LogP contribution in [0.25, 0.3) is 0 Å². The van der Waals surface area contributed by atoms with Crippen LogP contribution < -0.4 is 4.72 Å². The summed E-state index contributed by atoms with van der Waals surface area (Å²) >= 11 is 0. The number of sulfonamides is 2. The van der Waals surface area contributed by atoms with E-state index < -0.39 is 51.1 Å². The predicted molar refractivity (Wildman–Crippen MR) is 124 cm³/mol. The van der Waals surface area contributed by atoms with Crippen LogP contribution >= 0.6 is 0 Å². The van der Waals surface area contributed by atoms with E-state index >= 15 is 0 Å². The predicted octanol–water partition coefficient (Wildman–Crippen LogP) is 2.83. The van der Waals surface area contributed by atoms with Crippen molar-refractivity contribution in [1.82, 2.24) is 9.03 Å². The number of benzene rings is 2. The van der Waals surface area contributed by atoms with Crippen LogP contribution in [0.3, 0.4) is 0 Å². The van der Waals surface area contributed by atoms with Crippen LogP contribution in [0.1, 0.15) is 19.3 Å². The fourth-order valence-electron chi connectivity index (χ4n) is 3.10. The number of hydrogen-bond acceptors (Lipinski definition) is 8. The lowest BCUT2D eigenvalue weighted by Gasteiger charge is -2.22. The summed E-state index contributed by atoms with van der Waals surface area (Å²) < 4.78 is 54.7. The average molecular weight is 513 g/mol. The first-order chi connectivity index (χ1) is 16.0. The van der Waals surface area contributed by atoms with Crippen molar-refractivity contribution in [1.29, 1.82) is 0 Å². The molecule has 0 aliphatic rings. The summed E-state index contributed by atoms with van der Waals surface area (Å²) in [5, 5.41) is 22.4. The van der Waals surface area contributed by atoms with E-state index in [1.165, 1.54) is 24.3 Å². The minimum absolute atomic E-state index is 0.0216. The Morgan fingerprint density at radius 1 is 0.853 bits per heavy atom. The standard InChI is InChI=1S/C20H24N4O8S2/c1-2-3-8-15-22(34(31,32)20-13-7-5-11-18(20)24(27)28)16-9-14-21-33(29,30)19-12-6-4-10-17(19)23(25)26/h2,4-7,10-13,21H,1,3,8-9,14-16H2. The van der Waals surface area contributed by atoms with Crippen LogP contribution in [0.15, 0.2) is 71.0 Å². The van der Waals surface area contributed by atoms with E-state index in [0.29, 0.717) is 12.8 Å². The lowest BCUT2D eigenvalue weighted by molar-refractivity contribution is -0.388. The Hall–Kier alpha value is -3.20. The average Bonchev–Trinajstić information content (AvgIpc) is 2.80. The Labute approximate surface area is 197 Å². The molecule has 2 aromatic carbocycles. The molecule has 0 spiro atoms. The fraction of sp³-hybridized carbons (Fsp3) is 0.300. The number of unbranched alkanes of at least 4 members (excludes halogenated alkanes) is 1. The first kappa shape index (κ1) is 27.0. The van der Waals surface area contributed by atoms with Gasteiger partial charge in [0.05, 0.1) is 9.85 Å². The molecular weight excluding hydrogens is 488 g/mol. The van der Waals surface area contributed by atoms with Gasteiger partial charge in [-0.15, -0.1) is 6.58 Å². The second-order valence-corrected chi connectivity index (χ2v) is 10.7. The van der Waals surface area contributed by atoms with Crippen molar-refractivity contribution in [2.24, 2.45) is 0 Å². The van der Waals surface area contributed by atoms with E-state index in [4.69, 9.17) is 0 Å². The van der Waals surface area contributed by atoms with E-state index in [0.717, 1.165) is 28.6 Å². The molecule has 0 atom stereocenters. The molecular formula is C20H24N4O8S2. The van der Waals surface area contributed by atoms with Crippen molar-refractivity contribution in [3.8, 4) is 0 Å². The number of allylic oxidation sites excluding steroid dienone is 1. The summed E-state index contributed by atoms with van der Waals surface area (Å²) in [7, 11) is -8.48. The highest BCUT2D eigenvalue weighted by Gasteiger charge is 2.31. The Balaban J connectivity index is 2.18. The molecule has 0 saturated heterocycles. The molecule has 14 heteroatoms. The van der Waals surface area contributed by atoms with Crippen molar-refractivity contribution in [2.45, 2.75) is 29.1 Å². The second-order valence-electron chi connectivity index (χ2n) is 7.04. The molecule has 0 amide bonds. The third-order valence-corrected chi connectivity index (χ3v) is 8.18. The zero-order valence-electron chi connectivity index (χ0n) is 18.1. The monoisotopic (exact) mass is 512 g/mol. The van der Waals surface area contributed by atoms with Gasteiger partial charge in [0.25, 0.3) is 11.4 Å². The van der Waals surface area contributed by atoms with Crippen LogP contribution in [-0.4, -0.2) is 50.6 Å². The highest BCUT2D eigenvalue weighted by molar-refractivity contribution is 7.89. The molecule has 0 radical (unpaired) electrons. The number of nitro groups is 2. The molecule has 2 rings (SSSR count). The molecule has 0 heterocycles. The molecule has 34 heavy (non-hydrogen) atoms. The van der Waals surface area contributed by atoms with Gasteiger partial charge >= 0.3 is 0 Å². The zero-order valence-corrected chi connectivity index (χ0v) is 19.7. The lowest BCUT2D eigenvalue weighted by atomic mass is 10.3. The van der Waals surface area contributed by atoms with Crippen LogP contribution in [0, 0.1) is 20.2 Å². The fourth-order valence-corrected chi connectivity index (χ4v) is 6.02. The maximum atomic E-state index is 13.2. The van der Waals surface area contributed by atoms with Crippen LogP contribution in [0.5, 0.6) is 0 Å². The molecule has 0 aliphatic heterocycles. The summed E-state index contributed by atoms with van der Waals surface area (Å²) in [4.78, 5) is 19.9. The van der Waals surface area contributed by atoms with Gasteiger partial charge in [-0.1, -0.05) is 30.3 Å². The van der Waals surface area contributed by atoms with Gasteiger partial charge in [-0.25, -0.2) is 21.6 Å². The van der Waals surface area contributed by atoms with Gasteiger partial charge in [0, 0.05) is 31.8 Å². The number of rotatable bonds is 14. The van der Waals surface area contributed by atoms with E-state index in [2.05, 4.69) is 11.3 Å². The largest absolute Gasteiger partial charge is 0.289 e. The highest BCUT2D eigenvalue weighted by Crippen LogP contribution is 2.27. The third-order valence-electron chi connectivity index (χ3n) is 4.72. The van der Waals surface area contributed by atoms with Crippen LogP contribution in [-0.2, 0) is 20.0 Å². The quantitative estimate of drug-likeness (QED) is 0.174. The summed E-state index contributed by atoms with van der Waals surface area (Å²) in [6.45, 7) is 3.28.